The number of hydrogen-bond acceptors (Lipinski definition) is 3. The summed E-state index contributed by atoms with van der Waals surface area (Å²) < 4.78 is 14.1. The number of amides is 1. The first-order valence-electron chi connectivity index (χ1n) is 8.70. The zero-order valence-electron chi connectivity index (χ0n) is 14.6. The molecule has 0 unspecified atom stereocenters. The van der Waals surface area contributed by atoms with Crippen LogP contribution in [-0.2, 0) is 21.3 Å². The Kier molecular flexibility index (Phi) is 5.79. The average molecular weight is 382 g/mol. The van der Waals surface area contributed by atoms with Gasteiger partial charge in [0.25, 0.3) is 0 Å². The molecule has 1 N–H and O–H groups in total. The number of aromatic nitrogens is 2. The third kappa shape index (κ3) is 4.61. The van der Waals surface area contributed by atoms with Crippen LogP contribution < -0.4 is 5.32 Å². The van der Waals surface area contributed by atoms with E-state index in [9.17, 15) is 9.00 Å². The summed E-state index contributed by atoms with van der Waals surface area (Å²) in [4.78, 5) is 16.7. The molecular weight excluding hydrogens is 358 g/mol. The second-order valence-corrected chi connectivity index (χ2v) is 8.91. The van der Waals surface area contributed by atoms with Crippen LogP contribution >= 0.6 is 11.6 Å². The van der Waals surface area contributed by atoms with Crippen LogP contribution in [0, 0.1) is 11.8 Å². The first-order chi connectivity index (χ1) is 11.9. The molecule has 1 fully saturated rings. The van der Waals surface area contributed by atoms with Crippen LogP contribution in [0.5, 0.6) is 0 Å². The highest BCUT2D eigenvalue weighted by Gasteiger charge is 2.28. The van der Waals surface area contributed by atoms with E-state index in [1.165, 1.54) is 6.42 Å². The van der Waals surface area contributed by atoms with E-state index in [2.05, 4.69) is 24.1 Å². The maximum absolute atomic E-state index is 12.3. The largest absolute Gasteiger partial charge is 0.352 e. The summed E-state index contributed by atoms with van der Waals surface area (Å²) >= 11 is 5.96. The highest BCUT2D eigenvalue weighted by atomic mass is 35.5. The van der Waals surface area contributed by atoms with Gasteiger partial charge in [-0.1, -0.05) is 38.3 Å². The lowest BCUT2D eigenvalue weighted by Gasteiger charge is -2.34. The first kappa shape index (κ1) is 18.4. The lowest BCUT2D eigenvalue weighted by atomic mass is 9.78. The summed E-state index contributed by atoms with van der Waals surface area (Å²) in [5.74, 6) is 1.25. The number of rotatable bonds is 5. The van der Waals surface area contributed by atoms with Gasteiger partial charge in [0.2, 0.25) is 5.91 Å². The van der Waals surface area contributed by atoms with E-state index in [0.717, 1.165) is 18.5 Å². The zero-order valence-corrected chi connectivity index (χ0v) is 16.1. The Hall–Kier alpha value is -1.40. The summed E-state index contributed by atoms with van der Waals surface area (Å²) in [7, 11) is -1.28. The maximum Gasteiger partial charge on any atom is 0.232 e. The van der Waals surface area contributed by atoms with Gasteiger partial charge in [-0.25, -0.2) is 4.98 Å². The van der Waals surface area contributed by atoms with Gasteiger partial charge in [-0.15, -0.1) is 0 Å². The lowest BCUT2D eigenvalue weighted by molar-refractivity contribution is -0.120. The Morgan fingerprint density at radius 2 is 2.16 bits per heavy atom. The fourth-order valence-electron chi connectivity index (χ4n) is 3.48. The van der Waals surface area contributed by atoms with Crippen LogP contribution in [0.3, 0.4) is 0 Å². The Morgan fingerprint density at radius 1 is 1.36 bits per heavy atom. The van der Waals surface area contributed by atoms with Gasteiger partial charge in [-0.05, 0) is 30.4 Å². The molecule has 3 rings (SSSR count). The number of imidazole rings is 1. The highest BCUT2D eigenvalue weighted by molar-refractivity contribution is 7.84. The maximum atomic E-state index is 12.3. The van der Waals surface area contributed by atoms with E-state index in [0.29, 0.717) is 22.6 Å². The van der Waals surface area contributed by atoms with Crippen LogP contribution in [0.4, 0.5) is 0 Å². The molecule has 0 aliphatic heterocycles. The van der Waals surface area contributed by atoms with Crippen LogP contribution in [0.15, 0.2) is 24.5 Å². The molecule has 2 heterocycles. The SMILES string of the molecule is C[C@@H]1[C@H](C)CCC[C@@H]1NC(=O)C[S@@](=O)Cc1cn2cc(Cl)ccc2n1. The van der Waals surface area contributed by atoms with Gasteiger partial charge >= 0.3 is 0 Å². The van der Waals surface area contributed by atoms with Gasteiger partial charge < -0.3 is 9.72 Å². The molecule has 7 heteroatoms. The van der Waals surface area contributed by atoms with Crippen molar-refractivity contribution in [1.29, 1.82) is 0 Å². The Labute approximate surface area is 155 Å². The van der Waals surface area contributed by atoms with Gasteiger partial charge in [0.1, 0.15) is 11.4 Å². The number of halogens is 1. The van der Waals surface area contributed by atoms with E-state index >= 15 is 0 Å². The normalized spacial score (nSPS) is 25.0. The van der Waals surface area contributed by atoms with E-state index < -0.39 is 10.8 Å². The molecule has 4 atom stereocenters. The predicted molar refractivity (Wildman–Crippen MR) is 101 cm³/mol. The molecule has 0 radical (unpaired) electrons. The van der Waals surface area contributed by atoms with E-state index in [4.69, 9.17) is 11.6 Å². The molecule has 136 valence electrons. The van der Waals surface area contributed by atoms with Crippen molar-refractivity contribution in [3.8, 4) is 0 Å². The topological polar surface area (TPSA) is 63.5 Å². The van der Waals surface area contributed by atoms with Gasteiger partial charge in [-0.2, -0.15) is 0 Å². The Balaban J connectivity index is 1.55. The number of fused-ring (bicyclic) bond motifs is 1. The number of carbonyl (C=O) groups excluding carboxylic acids is 1. The average Bonchev–Trinajstić information content (AvgIpc) is 2.92. The molecule has 1 aliphatic rings. The van der Waals surface area contributed by atoms with Crippen molar-refractivity contribution in [2.45, 2.75) is 44.9 Å². The standard InChI is InChI=1S/C18H24ClN3O2S/c1-12-4-3-5-16(13(12)2)21-18(23)11-25(24)10-15-9-22-8-14(19)6-7-17(22)20-15/h6-9,12-13,16H,3-5,10-11H2,1-2H3,(H,21,23)/t12-,13-,16+,25+/m1/s1. The number of nitrogens with zero attached hydrogens (tertiary/aromatic N) is 2. The fraction of sp³-hybridized carbons (Fsp3) is 0.556. The lowest BCUT2D eigenvalue weighted by Crippen LogP contribution is -2.45. The van der Waals surface area contributed by atoms with Gasteiger partial charge in [0.15, 0.2) is 0 Å². The fourth-order valence-corrected chi connectivity index (χ4v) is 4.60. The molecule has 1 aliphatic carbocycles. The van der Waals surface area contributed by atoms with Crippen molar-refractivity contribution in [2.24, 2.45) is 11.8 Å². The van der Waals surface area contributed by atoms with Crippen molar-refractivity contribution in [3.05, 3.63) is 35.2 Å². The summed E-state index contributed by atoms with van der Waals surface area (Å²) in [5.41, 5.74) is 1.46. The van der Waals surface area contributed by atoms with E-state index in [1.807, 2.05) is 12.3 Å². The second-order valence-electron chi connectivity index (χ2n) is 7.01. The molecule has 2 aromatic heterocycles. The molecular formula is C18H24ClN3O2S. The van der Waals surface area contributed by atoms with Gasteiger partial charge in [-0.3, -0.25) is 9.00 Å². The summed E-state index contributed by atoms with van der Waals surface area (Å²) in [6.45, 7) is 4.42. The van der Waals surface area contributed by atoms with Gasteiger partial charge in [0, 0.05) is 29.2 Å². The third-order valence-corrected chi connectivity index (χ3v) is 6.54. The predicted octanol–water partition coefficient (Wildman–Crippen LogP) is 3.18. The quantitative estimate of drug-likeness (QED) is 0.865. The van der Waals surface area contributed by atoms with Crippen molar-refractivity contribution >= 4 is 34.0 Å². The van der Waals surface area contributed by atoms with Crippen molar-refractivity contribution < 1.29 is 9.00 Å². The Bertz CT molecular complexity index is 792. The molecule has 25 heavy (non-hydrogen) atoms. The van der Waals surface area contributed by atoms with E-state index in [1.54, 1.807) is 16.7 Å². The molecule has 0 spiro atoms. The number of nitrogens with one attached hydrogen (secondary N) is 1. The first-order valence-corrected chi connectivity index (χ1v) is 10.6. The van der Waals surface area contributed by atoms with Crippen LogP contribution in [-0.4, -0.2) is 31.3 Å². The minimum atomic E-state index is -1.28. The molecule has 0 saturated heterocycles. The highest BCUT2D eigenvalue weighted by Crippen LogP contribution is 2.29. The second kappa shape index (κ2) is 7.87. The van der Waals surface area contributed by atoms with Crippen LogP contribution in [0.25, 0.3) is 5.65 Å². The molecule has 1 saturated carbocycles. The number of pyridine rings is 1. The smallest absolute Gasteiger partial charge is 0.232 e. The molecule has 2 aromatic rings. The number of carbonyl (C=O) groups is 1. The molecule has 5 nitrogen and oxygen atoms in total. The molecule has 1 amide bonds. The molecule has 0 aromatic carbocycles. The van der Waals surface area contributed by atoms with Gasteiger partial charge in [0.05, 0.1) is 16.5 Å². The van der Waals surface area contributed by atoms with Crippen molar-refractivity contribution in [2.75, 3.05) is 5.75 Å². The van der Waals surface area contributed by atoms with E-state index in [-0.39, 0.29) is 23.5 Å². The minimum absolute atomic E-state index is 0.0201. The summed E-state index contributed by atoms with van der Waals surface area (Å²) in [6.07, 6.45) is 6.94. The van der Waals surface area contributed by atoms with Crippen molar-refractivity contribution in [3.63, 3.8) is 0 Å². The van der Waals surface area contributed by atoms with Crippen molar-refractivity contribution in [1.82, 2.24) is 14.7 Å². The summed E-state index contributed by atoms with van der Waals surface area (Å²) in [5, 5.41) is 3.69. The third-order valence-electron chi connectivity index (χ3n) is 5.12. The molecule has 0 bridgehead atoms. The monoisotopic (exact) mass is 381 g/mol. The zero-order chi connectivity index (χ0) is 18.0. The van der Waals surface area contributed by atoms with Crippen LogP contribution in [0.2, 0.25) is 5.02 Å². The summed E-state index contributed by atoms with van der Waals surface area (Å²) in [6, 6.07) is 3.78. The van der Waals surface area contributed by atoms with Crippen LogP contribution in [0.1, 0.15) is 38.8 Å². The number of hydrogen-bond donors (Lipinski definition) is 1. The minimum Gasteiger partial charge on any atom is -0.352 e. The Morgan fingerprint density at radius 3 is 2.96 bits per heavy atom.